The molecule has 3 rings (SSSR count). The van der Waals surface area contributed by atoms with Crippen LogP contribution in [0.15, 0.2) is 17.8 Å². The molecule has 1 fully saturated rings. The number of carbonyl (C=O) groups is 2. The topological polar surface area (TPSA) is 92.9 Å². The highest BCUT2D eigenvalue weighted by molar-refractivity contribution is 7.15. The van der Waals surface area contributed by atoms with E-state index in [0.717, 1.165) is 4.96 Å². The first-order valence-corrected chi connectivity index (χ1v) is 7.38. The van der Waals surface area contributed by atoms with E-state index in [0.29, 0.717) is 5.69 Å². The number of carboxylic acids is 1. The summed E-state index contributed by atoms with van der Waals surface area (Å²) in [5.41, 5.74) is -0.417. The fraction of sp³-hybridized carbons (Fsp3) is 0.462. The lowest BCUT2D eigenvalue weighted by Gasteiger charge is -2.25. The van der Waals surface area contributed by atoms with E-state index < -0.39 is 17.4 Å². The Morgan fingerprint density at radius 2 is 2.48 bits per heavy atom. The van der Waals surface area contributed by atoms with Crippen molar-refractivity contribution in [2.75, 3.05) is 13.2 Å². The summed E-state index contributed by atoms with van der Waals surface area (Å²) in [6.07, 6.45) is 3.80. The molecular weight excluding hydrogens is 294 g/mol. The second kappa shape index (κ2) is 5.12. The lowest BCUT2D eigenvalue weighted by molar-refractivity contribution is -0.149. The predicted octanol–water partition coefficient (Wildman–Crippen LogP) is 0.544. The molecule has 1 amide bonds. The number of rotatable bonds is 4. The minimum absolute atomic E-state index is 0.105. The van der Waals surface area contributed by atoms with Crippen molar-refractivity contribution in [3.05, 3.63) is 23.5 Å². The molecule has 1 saturated heterocycles. The van der Waals surface area contributed by atoms with E-state index in [1.165, 1.54) is 11.3 Å². The first-order valence-electron chi connectivity index (χ1n) is 6.50. The van der Waals surface area contributed by atoms with Gasteiger partial charge < -0.3 is 15.2 Å². The van der Waals surface area contributed by atoms with Gasteiger partial charge in [-0.2, -0.15) is 0 Å². The molecule has 112 valence electrons. The molecule has 7 nitrogen and oxygen atoms in total. The normalized spacial score (nSPS) is 25.3. The maximum Gasteiger partial charge on any atom is 0.313 e. The average Bonchev–Trinajstić information content (AvgIpc) is 3.06. The van der Waals surface area contributed by atoms with E-state index in [-0.39, 0.29) is 25.5 Å². The van der Waals surface area contributed by atoms with Gasteiger partial charge in [0.15, 0.2) is 4.96 Å². The molecule has 2 atom stereocenters. The van der Waals surface area contributed by atoms with Gasteiger partial charge in [-0.1, -0.05) is 0 Å². The zero-order valence-electron chi connectivity index (χ0n) is 11.4. The molecule has 2 unspecified atom stereocenters. The fourth-order valence-electron chi connectivity index (χ4n) is 2.36. The van der Waals surface area contributed by atoms with Crippen LogP contribution in [0.3, 0.4) is 0 Å². The summed E-state index contributed by atoms with van der Waals surface area (Å²) in [6, 6.07) is -0.522. The number of aromatic nitrogens is 2. The van der Waals surface area contributed by atoms with Gasteiger partial charge >= 0.3 is 5.97 Å². The predicted molar refractivity (Wildman–Crippen MR) is 75.3 cm³/mol. The molecule has 0 bridgehead atoms. The van der Waals surface area contributed by atoms with Crippen LogP contribution in [-0.2, 0) is 20.7 Å². The molecule has 8 heteroatoms. The van der Waals surface area contributed by atoms with E-state index in [2.05, 4.69) is 10.3 Å². The third kappa shape index (κ3) is 2.52. The van der Waals surface area contributed by atoms with Crippen molar-refractivity contribution in [3.8, 4) is 0 Å². The van der Waals surface area contributed by atoms with Crippen molar-refractivity contribution in [2.24, 2.45) is 5.41 Å². The Balaban J connectivity index is 1.66. The largest absolute Gasteiger partial charge is 0.481 e. The summed E-state index contributed by atoms with van der Waals surface area (Å²) in [7, 11) is 0. The number of nitrogens with zero attached hydrogens (tertiary/aromatic N) is 2. The van der Waals surface area contributed by atoms with Gasteiger partial charge in [0.1, 0.15) is 5.41 Å². The highest BCUT2D eigenvalue weighted by Crippen LogP contribution is 2.28. The summed E-state index contributed by atoms with van der Waals surface area (Å²) in [5, 5.41) is 13.9. The molecule has 0 aliphatic carbocycles. The number of carboxylic acid groups (broad SMARTS) is 1. The summed E-state index contributed by atoms with van der Waals surface area (Å²) in [5.74, 6) is -1.21. The number of fused-ring (bicyclic) bond motifs is 1. The van der Waals surface area contributed by atoms with Crippen LogP contribution in [0.1, 0.15) is 12.6 Å². The van der Waals surface area contributed by atoms with Gasteiger partial charge in [0.05, 0.1) is 31.4 Å². The molecule has 1 aliphatic heterocycles. The zero-order valence-corrected chi connectivity index (χ0v) is 12.2. The Bertz CT molecular complexity index is 666. The van der Waals surface area contributed by atoms with Gasteiger partial charge in [-0.3, -0.25) is 14.0 Å². The van der Waals surface area contributed by atoms with Crippen molar-refractivity contribution < 1.29 is 19.4 Å². The van der Waals surface area contributed by atoms with Crippen LogP contribution in [0.4, 0.5) is 0 Å². The molecule has 2 aromatic rings. The van der Waals surface area contributed by atoms with Crippen LogP contribution in [0.25, 0.3) is 4.96 Å². The number of imidazole rings is 1. The number of hydrogen-bond acceptors (Lipinski definition) is 5. The molecule has 21 heavy (non-hydrogen) atoms. The second-order valence-electron chi connectivity index (χ2n) is 5.36. The summed E-state index contributed by atoms with van der Waals surface area (Å²) < 4.78 is 7.06. The minimum atomic E-state index is -1.08. The van der Waals surface area contributed by atoms with Crippen molar-refractivity contribution in [2.45, 2.75) is 19.4 Å². The van der Waals surface area contributed by atoms with Crippen molar-refractivity contribution in [1.29, 1.82) is 0 Å². The first-order chi connectivity index (χ1) is 9.99. The fourth-order valence-corrected chi connectivity index (χ4v) is 3.08. The van der Waals surface area contributed by atoms with E-state index in [1.807, 2.05) is 16.0 Å². The van der Waals surface area contributed by atoms with E-state index in [9.17, 15) is 14.7 Å². The Labute approximate surface area is 124 Å². The Hall–Kier alpha value is -1.93. The van der Waals surface area contributed by atoms with E-state index in [4.69, 9.17) is 4.74 Å². The number of ether oxygens (including phenoxy) is 1. The zero-order chi connectivity index (χ0) is 15.0. The van der Waals surface area contributed by atoms with Gasteiger partial charge in [-0.15, -0.1) is 11.3 Å². The number of thiazole rings is 1. The van der Waals surface area contributed by atoms with Gasteiger partial charge in [-0.05, 0) is 6.92 Å². The van der Waals surface area contributed by atoms with E-state index >= 15 is 0 Å². The monoisotopic (exact) mass is 309 g/mol. The summed E-state index contributed by atoms with van der Waals surface area (Å²) >= 11 is 1.49. The third-order valence-corrected chi connectivity index (χ3v) is 4.53. The van der Waals surface area contributed by atoms with Crippen LogP contribution >= 0.6 is 11.3 Å². The quantitative estimate of drug-likeness (QED) is 0.860. The SMILES string of the molecule is CC1(C(=O)O)COCC1NC(=O)Cc1cn2ccsc2n1. The standard InChI is InChI=1S/C13H15N3O4S/c1-13(11(18)19)7-20-6-9(13)15-10(17)4-8-5-16-2-3-21-12(16)14-8/h2-3,5,9H,4,6-7H2,1H3,(H,15,17)(H,18,19). The maximum atomic E-state index is 12.1. The molecule has 0 saturated carbocycles. The van der Waals surface area contributed by atoms with Crippen molar-refractivity contribution in [3.63, 3.8) is 0 Å². The van der Waals surface area contributed by atoms with Crippen LogP contribution in [0.2, 0.25) is 0 Å². The number of amides is 1. The lowest BCUT2D eigenvalue weighted by Crippen LogP contribution is -2.50. The van der Waals surface area contributed by atoms with Gasteiger partial charge in [0, 0.05) is 17.8 Å². The average molecular weight is 309 g/mol. The molecule has 0 spiro atoms. The number of carbonyl (C=O) groups excluding carboxylic acids is 1. The molecule has 0 aromatic carbocycles. The van der Waals surface area contributed by atoms with Crippen molar-refractivity contribution >= 4 is 28.2 Å². The molecule has 2 aromatic heterocycles. The number of aliphatic carboxylic acids is 1. The first kappa shape index (κ1) is 14.0. The Kier molecular flexibility index (Phi) is 3.42. The van der Waals surface area contributed by atoms with Gasteiger partial charge in [0.25, 0.3) is 0 Å². The van der Waals surface area contributed by atoms with Crippen molar-refractivity contribution in [1.82, 2.24) is 14.7 Å². The second-order valence-corrected chi connectivity index (χ2v) is 6.23. The van der Waals surface area contributed by atoms with Crippen LogP contribution in [0.5, 0.6) is 0 Å². The minimum Gasteiger partial charge on any atom is -0.481 e. The maximum absolute atomic E-state index is 12.1. The highest BCUT2D eigenvalue weighted by Gasteiger charge is 2.47. The molecular formula is C13H15N3O4S. The van der Waals surface area contributed by atoms with Gasteiger partial charge in [0.2, 0.25) is 5.91 Å². The summed E-state index contributed by atoms with van der Waals surface area (Å²) in [6.45, 7) is 1.90. The third-order valence-electron chi connectivity index (χ3n) is 3.76. The Morgan fingerprint density at radius 3 is 3.19 bits per heavy atom. The Morgan fingerprint density at radius 1 is 1.67 bits per heavy atom. The van der Waals surface area contributed by atoms with Crippen LogP contribution in [0, 0.1) is 5.41 Å². The van der Waals surface area contributed by atoms with Gasteiger partial charge in [-0.25, -0.2) is 4.98 Å². The molecule has 0 radical (unpaired) electrons. The molecule has 1 aliphatic rings. The number of hydrogen-bond donors (Lipinski definition) is 2. The highest BCUT2D eigenvalue weighted by atomic mass is 32.1. The summed E-state index contributed by atoms with van der Waals surface area (Å²) in [4.78, 5) is 28.5. The van der Waals surface area contributed by atoms with E-state index in [1.54, 1.807) is 13.1 Å². The lowest BCUT2D eigenvalue weighted by atomic mass is 9.85. The van der Waals surface area contributed by atoms with Crippen LogP contribution < -0.4 is 5.32 Å². The van der Waals surface area contributed by atoms with Crippen LogP contribution in [-0.4, -0.2) is 45.6 Å². The number of nitrogens with one attached hydrogen (secondary N) is 1. The smallest absolute Gasteiger partial charge is 0.313 e. The molecule has 3 heterocycles. The molecule has 2 N–H and O–H groups in total.